The number of benzene rings is 6. The second-order valence-corrected chi connectivity index (χ2v) is 17.3. The standard InChI is InChI=1S/C45H40OP2/c46-45(43-39-27-15-13-17-33(39)29-31-41(43)47(35-19-5-1-6-20-35)36-21-7-2-8-22-36)44-40-28-16-14-18-34(40)30-32-42(44)48(37-23-9-3-10-24-37)38-25-11-4-12-26-38/h1-12,19-26,29-32H,13-18,27-28H2. The zero-order valence-electron chi connectivity index (χ0n) is 27.3. The lowest BCUT2D eigenvalue weighted by Crippen LogP contribution is -2.33. The summed E-state index contributed by atoms with van der Waals surface area (Å²) in [7, 11) is -1.89. The van der Waals surface area contributed by atoms with Gasteiger partial charge in [-0.15, -0.1) is 0 Å². The molecule has 0 aromatic heterocycles. The Hall–Kier alpha value is -4.15. The van der Waals surface area contributed by atoms with Crippen LogP contribution in [0.1, 0.15) is 63.9 Å². The highest BCUT2D eigenvalue weighted by Gasteiger charge is 2.33. The van der Waals surface area contributed by atoms with Crippen molar-refractivity contribution in [2.75, 3.05) is 0 Å². The van der Waals surface area contributed by atoms with Crippen molar-refractivity contribution in [2.45, 2.75) is 51.4 Å². The summed E-state index contributed by atoms with van der Waals surface area (Å²) < 4.78 is 0. The van der Waals surface area contributed by atoms with Gasteiger partial charge in [-0.1, -0.05) is 146 Å². The molecule has 6 aromatic rings. The van der Waals surface area contributed by atoms with E-state index in [0.717, 1.165) is 49.7 Å². The van der Waals surface area contributed by atoms with Gasteiger partial charge in [-0.3, -0.25) is 4.79 Å². The molecule has 236 valence electrons. The Bertz CT molecular complexity index is 1810. The van der Waals surface area contributed by atoms with Crippen molar-refractivity contribution < 1.29 is 4.79 Å². The number of ketones is 1. The van der Waals surface area contributed by atoms with Gasteiger partial charge >= 0.3 is 0 Å². The van der Waals surface area contributed by atoms with E-state index in [-0.39, 0.29) is 5.78 Å². The molecule has 0 aliphatic heterocycles. The monoisotopic (exact) mass is 658 g/mol. The third kappa shape index (κ3) is 6.00. The van der Waals surface area contributed by atoms with Gasteiger partial charge in [-0.05, 0) is 121 Å². The van der Waals surface area contributed by atoms with Crippen molar-refractivity contribution in [1.82, 2.24) is 0 Å². The van der Waals surface area contributed by atoms with E-state index in [4.69, 9.17) is 0 Å². The first-order valence-corrected chi connectivity index (χ1v) is 20.1. The Morgan fingerprint density at radius 2 is 0.688 bits per heavy atom. The predicted molar refractivity (Wildman–Crippen MR) is 207 cm³/mol. The molecule has 0 unspecified atom stereocenters. The second kappa shape index (κ2) is 14.1. The fraction of sp³-hybridized carbons (Fsp3) is 0.178. The summed E-state index contributed by atoms with van der Waals surface area (Å²) in [5, 5.41) is 7.56. The molecule has 0 atom stereocenters. The summed E-state index contributed by atoms with van der Waals surface area (Å²) >= 11 is 0. The molecule has 0 heterocycles. The second-order valence-electron chi connectivity index (χ2n) is 13.0. The maximum Gasteiger partial charge on any atom is 0.194 e. The summed E-state index contributed by atoms with van der Waals surface area (Å²) in [6, 6.07) is 53.0. The maximum atomic E-state index is 16.0. The van der Waals surface area contributed by atoms with Crippen molar-refractivity contribution in [3.8, 4) is 0 Å². The minimum Gasteiger partial charge on any atom is -0.289 e. The molecular weight excluding hydrogens is 618 g/mol. The first-order chi connectivity index (χ1) is 23.8. The largest absolute Gasteiger partial charge is 0.289 e. The molecule has 8 rings (SSSR count). The number of carbonyl (C=O) groups is 1. The van der Waals surface area contributed by atoms with Gasteiger partial charge in [-0.25, -0.2) is 0 Å². The summed E-state index contributed by atoms with van der Waals surface area (Å²) in [4.78, 5) is 16.0. The van der Waals surface area contributed by atoms with Crippen LogP contribution < -0.4 is 31.8 Å². The summed E-state index contributed by atoms with van der Waals surface area (Å²) in [5.74, 6) is 0.247. The van der Waals surface area contributed by atoms with E-state index in [0.29, 0.717) is 0 Å². The topological polar surface area (TPSA) is 17.1 Å². The highest BCUT2D eigenvalue weighted by Crippen LogP contribution is 2.41. The third-order valence-electron chi connectivity index (χ3n) is 10.0. The molecule has 6 aromatic carbocycles. The van der Waals surface area contributed by atoms with Gasteiger partial charge in [0.05, 0.1) is 0 Å². The molecule has 0 saturated heterocycles. The number of rotatable bonds is 8. The van der Waals surface area contributed by atoms with Gasteiger partial charge in [0, 0.05) is 11.1 Å². The lowest BCUT2D eigenvalue weighted by Gasteiger charge is -2.30. The Morgan fingerprint density at radius 1 is 0.375 bits per heavy atom. The molecule has 1 nitrogen and oxygen atoms in total. The Morgan fingerprint density at radius 3 is 1.02 bits per heavy atom. The third-order valence-corrected chi connectivity index (χ3v) is 15.0. The molecule has 0 fully saturated rings. The lowest BCUT2D eigenvalue weighted by molar-refractivity contribution is 0.103. The average molecular weight is 659 g/mol. The van der Waals surface area contributed by atoms with Crippen LogP contribution in [0.2, 0.25) is 0 Å². The van der Waals surface area contributed by atoms with Crippen LogP contribution in [0.5, 0.6) is 0 Å². The number of carbonyl (C=O) groups excluding carboxylic acids is 1. The van der Waals surface area contributed by atoms with E-state index in [9.17, 15) is 0 Å². The van der Waals surface area contributed by atoms with Crippen LogP contribution in [0.25, 0.3) is 0 Å². The average Bonchev–Trinajstić information content (AvgIpc) is 3.16. The molecule has 0 N–H and O–H groups in total. The van der Waals surface area contributed by atoms with Gasteiger partial charge < -0.3 is 0 Å². The molecule has 0 spiro atoms. The zero-order valence-corrected chi connectivity index (χ0v) is 29.1. The predicted octanol–water partition coefficient (Wildman–Crippen LogP) is 8.19. The molecule has 0 amide bonds. The van der Waals surface area contributed by atoms with Gasteiger partial charge in [0.2, 0.25) is 0 Å². The molecular formula is C45H40OP2. The smallest absolute Gasteiger partial charge is 0.194 e. The minimum atomic E-state index is -0.944. The first-order valence-electron chi connectivity index (χ1n) is 17.4. The molecule has 0 saturated carbocycles. The normalized spacial score (nSPS) is 14.0. The Balaban J connectivity index is 1.41. The number of hydrogen-bond donors (Lipinski definition) is 0. The highest BCUT2D eigenvalue weighted by atomic mass is 31.1. The van der Waals surface area contributed by atoms with Crippen molar-refractivity contribution in [2.24, 2.45) is 0 Å². The summed E-state index contributed by atoms with van der Waals surface area (Å²) in [5.41, 5.74) is 7.30. The van der Waals surface area contributed by atoms with Crippen LogP contribution in [0.3, 0.4) is 0 Å². The van der Waals surface area contributed by atoms with E-state index in [1.165, 1.54) is 66.9 Å². The number of hydrogen-bond acceptors (Lipinski definition) is 1. The van der Waals surface area contributed by atoms with Crippen LogP contribution >= 0.6 is 15.8 Å². The van der Waals surface area contributed by atoms with Crippen LogP contribution in [-0.4, -0.2) is 5.78 Å². The van der Waals surface area contributed by atoms with Gasteiger partial charge in [0.1, 0.15) is 0 Å². The fourth-order valence-electron chi connectivity index (χ4n) is 7.80. The molecule has 0 bridgehead atoms. The quantitative estimate of drug-likeness (QED) is 0.119. The van der Waals surface area contributed by atoms with Crippen molar-refractivity contribution in [3.05, 3.63) is 179 Å². The van der Waals surface area contributed by atoms with Crippen LogP contribution in [0, 0.1) is 0 Å². The van der Waals surface area contributed by atoms with Crippen molar-refractivity contribution >= 4 is 53.5 Å². The Kier molecular flexibility index (Phi) is 9.17. The maximum absolute atomic E-state index is 16.0. The molecule has 0 radical (unpaired) electrons. The van der Waals surface area contributed by atoms with Crippen LogP contribution in [-0.2, 0) is 25.7 Å². The number of fused-ring (bicyclic) bond motifs is 2. The van der Waals surface area contributed by atoms with Gasteiger partial charge in [0.25, 0.3) is 0 Å². The fourth-order valence-corrected chi connectivity index (χ4v) is 12.8. The highest BCUT2D eigenvalue weighted by molar-refractivity contribution is 7.80. The molecule has 2 aliphatic rings. The van der Waals surface area contributed by atoms with Crippen molar-refractivity contribution in [1.29, 1.82) is 0 Å². The van der Waals surface area contributed by atoms with E-state index in [1.54, 1.807) is 0 Å². The van der Waals surface area contributed by atoms with Gasteiger partial charge in [-0.2, -0.15) is 0 Å². The summed E-state index contributed by atoms with van der Waals surface area (Å²) in [6.07, 6.45) is 8.66. The van der Waals surface area contributed by atoms with E-state index >= 15 is 4.79 Å². The van der Waals surface area contributed by atoms with Crippen molar-refractivity contribution in [3.63, 3.8) is 0 Å². The van der Waals surface area contributed by atoms with E-state index in [1.807, 2.05) is 0 Å². The van der Waals surface area contributed by atoms with E-state index < -0.39 is 15.8 Å². The molecule has 2 aliphatic carbocycles. The Labute approximate surface area is 287 Å². The number of aryl methyl sites for hydroxylation is 2. The first kappa shape index (κ1) is 31.1. The SMILES string of the molecule is O=C(c1c(P(c2ccccc2)c2ccccc2)ccc2c1CCCC2)c1c(P(c2ccccc2)c2ccccc2)ccc2c1CCCC2. The lowest BCUT2D eigenvalue weighted by atomic mass is 9.82. The minimum absolute atomic E-state index is 0.247. The van der Waals surface area contributed by atoms with E-state index in [2.05, 4.69) is 146 Å². The molecule has 3 heteroatoms. The van der Waals surface area contributed by atoms with Crippen LogP contribution in [0.4, 0.5) is 0 Å². The zero-order chi connectivity index (χ0) is 32.3. The van der Waals surface area contributed by atoms with Crippen LogP contribution in [0.15, 0.2) is 146 Å². The summed E-state index contributed by atoms with van der Waals surface area (Å²) in [6.45, 7) is 0. The van der Waals surface area contributed by atoms with Gasteiger partial charge in [0.15, 0.2) is 5.78 Å². The molecule has 48 heavy (non-hydrogen) atoms.